The van der Waals surface area contributed by atoms with E-state index in [2.05, 4.69) is 15.5 Å². The lowest BCUT2D eigenvalue weighted by molar-refractivity contribution is -0.118. The van der Waals surface area contributed by atoms with E-state index < -0.39 is 11.9 Å². The summed E-state index contributed by atoms with van der Waals surface area (Å²) < 4.78 is 15.5. The molecule has 0 aliphatic rings. The minimum Gasteiger partial charge on any atom is -0.493 e. The van der Waals surface area contributed by atoms with Crippen molar-refractivity contribution in [3.63, 3.8) is 0 Å². The highest BCUT2D eigenvalue weighted by molar-refractivity contribution is 6.01. The first-order chi connectivity index (χ1) is 13.9. The number of nitrogens with zero attached hydrogens (tertiary/aromatic N) is 2. The average Bonchev–Trinajstić information content (AvgIpc) is 2.72. The Kier molecular flexibility index (Phi) is 7.54. The first-order valence-corrected chi connectivity index (χ1v) is 8.34. The smallest absolute Gasteiger partial charge is 0.339 e. The molecule has 0 unspecified atom stereocenters. The fourth-order valence-electron chi connectivity index (χ4n) is 2.26. The van der Waals surface area contributed by atoms with Crippen LogP contribution in [0.15, 0.2) is 52.7 Å². The summed E-state index contributed by atoms with van der Waals surface area (Å²) in [6, 6.07) is 11.4. The molecule has 0 saturated carbocycles. The SMILES string of the molecule is COC(=O)c1ccccc1NC(=O)COc1ccc(C=NN=C(N)N)cc1OC. The lowest BCUT2D eigenvalue weighted by atomic mass is 10.2. The molecular formula is C19H21N5O5. The molecule has 0 radical (unpaired) electrons. The summed E-state index contributed by atoms with van der Waals surface area (Å²) in [6.07, 6.45) is 1.43. The van der Waals surface area contributed by atoms with E-state index in [0.717, 1.165) is 0 Å². The Morgan fingerprint density at radius 1 is 1.10 bits per heavy atom. The van der Waals surface area contributed by atoms with E-state index in [4.69, 9.17) is 25.7 Å². The molecule has 0 bridgehead atoms. The standard InChI is InChI=1S/C19H21N5O5/c1-27-16-9-12(10-22-24-19(20)21)7-8-15(16)29-11-17(25)23-14-6-4-3-5-13(14)18(26)28-2/h3-10H,11H2,1-2H3,(H,23,25)(H4,20,21,24). The number of guanidine groups is 1. The van der Waals surface area contributed by atoms with Crippen LogP contribution in [0.5, 0.6) is 11.5 Å². The Morgan fingerprint density at radius 3 is 2.55 bits per heavy atom. The van der Waals surface area contributed by atoms with Gasteiger partial charge in [-0.15, -0.1) is 5.10 Å². The summed E-state index contributed by atoms with van der Waals surface area (Å²) in [6.45, 7) is -0.298. The quantitative estimate of drug-likeness (QED) is 0.260. The zero-order chi connectivity index (χ0) is 21.2. The number of ether oxygens (including phenoxy) is 3. The van der Waals surface area contributed by atoms with Crippen LogP contribution < -0.4 is 26.3 Å². The van der Waals surface area contributed by atoms with Crippen LogP contribution in [0.25, 0.3) is 0 Å². The summed E-state index contributed by atoms with van der Waals surface area (Å²) in [7, 11) is 2.73. The number of benzene rings is 2. The van der Waals surface area contributed by atoms with Crippen LogP contribution in [0.1, 0.15) is 15.9 Å². The van der Waals surface area contributed by atoms with Gasteiger partial charge in [0.1, 0.15) is 0 Å². The second-order valence-corrected chi connectivity index (χ2v) is 5.55. The molecule has 2 rings (SSSR count). The number of para-hydroxylation sites is 1. The molecule has 0 saturated heterocycles. The van der Waals surface area contributed by atoms with Crippen LogP contribution in [0.4, 0.5) is 5.69 Å². The molecule has 0 spiro atoms. The number of carbonyl (C=O) groups excluding carboxylic acids is 2. The number of nitrogens with two attached hydrogens (primary N) is 2. The van der Waals surface area contributed by atoms with Crippen molar-refractivity contribution in [1.29, 1.82) is 0 Å². The second kappa shape index (κ2) is 10.3. The molecule has 10 heteroatoms. The highest BCUT2D eigenvalue weighted by Crippen LogP contribution is 2.27. The van der Waals surface area contributed by atoms with Crippen molar-refractivity contribution in [2.75, 3.05) is 26.1 Å². The van der Waals surface area contributed by atoms with E-state index >= 15 is 0 Å². The van der Waals surface area contributed by atoms with Crippen molar-refractivity contribution >= 4 is 29.7 Å². The van der Waals surface area contributed by atoms with Gasteiger partial charge in [0.15, 0.2) is 18.1 Å². The molecule has 5 N–H and O–H groups in total. The average molecular weight is 399 g/mol. The topological polar surface area (TPSA) is 151 Å². The number of esters is 1. The summed E-state index contributed by atoms with van der Waals surface area (Å²) in [5.41, 5.74) is 11.6. The number of nitrogens with one attached hydrogen (secondary N) is 1. The van der Waals surface area contributed by atoms with Crippen molar-refractivity contribution in [2.24, 2.45) is 21.7 Å². The number of carbonyl (C=O) groups is 2. The van der Waals surface area contributed by atoms with Crippen LogP contribution in [0.2, 0.25) is 0 Å². The van der Waals surface area contributed by atoms with Gasteiger partial charge in [-0.05, 0) is 35.9 Å². The van der Waals surface area contributed by atoms with Crippen molar-refractivity contribution < 1.29 is 23.8 Å². The lowest BCUT2D eigenvalue weighted by Crippen LogP contribution is -2.22. The molecule has 0 aliphatic carbocycles. The zero-order valence-corrected chi connectivity index (χ0v) is 15.9. The summed E-state index contributed by atoms with van der Waals surface area (Å²) in [5.74, 6) is -0.430. The van der Waals surface area contributed by atoms with Gasteiger partial charge in [-0.3, -0.25) is 4.79 Å². The van der Waals surface area contributed by atoms with Crippen LogP contribution >= 0.6 is 0 Å². The molecule has 2 aromatic carbocycles. The third-order valence-electron chi connectivity index (χ3n) is 3.53. The molecule has 29 heavy (non-hydrogen) atoms. The molecule has 2 aromatic rings. The first-order valence-electron chi connectivity index (χ1n) is 8.34. The third-order valence-corrected chi connectivity index (χ3v) is 3.53. The zero-order valence-electron chi connectivity index (χ0n) is 15.9. The maximum Gasteiger partial charge on any atom is 0.339 e. The van der Waals surface area contributed by atoms with Gasteiger partial charge in [-0.25, -0.2) is 4.79 Å². The Morgan fingerprint density at radius 2 is 1.86 bits per heavy atom. The fourth-order valence-corrected chi connectivity index (χ4v) is 2.26. The van der Waals surface area contributed by atoms with Crippen LogP contribution in [-0.2, 0) is 9.53 Å². The maximum atomic E-state index is 12.2. The minimum atomic E-state index is -0.554. The number of hydrogen-bond acceptors (Lipinski definition) is 7. The predicted molar refractivity (Wildman–Crippen MR) is 108 cm³/mol. The fraction of sp³-hybridized carbons (Fsp3) is 0.158. The number of hydrogen-bond donors (Lipinski definition) is 3. The number of anilines is 1. The van der Waals surface area contributed by atoms with Gasteiger partial charge in [0.25, 0.3) is 5.91 Å². The molecular weight excluding hydrogens is 378 g/mol. The molecule has 10 nitrogen and oxygen atoms in total. The van der Waals surface area contributed by atoms with Crippen LogP contribution in [0.3, 0.4) is 0 Å². The highest BCUT2D eigenvalue weighted by Gasteiger charge is 2.14. The van der Waals surface area contributed by atoms with E-state index in [9.17, 15) is 9.59 Å². The van der Waals surface area contributed by atoms with Crippen molar-refractivity contribution in [2.45, 2.75) is 0 Å². The summed E-state index contributed by atoms with van der Waals surface area (Å²) >= 11 is 0. The first kappa shape index (κ1) is 21.2. The maximum absolute atomic E-state index is 12.2. The number of rotatable bonds is 8. The normalized spacial score (nSPS) is 10.3. The Balaban J connectivity index is 2.04. The van der Waals surface area contributed by atoms with Gasteiger partial charge < -0.3 is 31.0 Å². The predicted octanol–water partition coefficient (Wildman–Crippen LogP) is 1.11. The Hall–Kier alpha value is -4.08. The van der Waals surface area contributed by atoms with Crippen LogP contribution in [0, 0.1) is 0 Å². The molecule has 0 aromatic heterocycles. The molecule has 0 atom stereocenters. The van der Waals surface area contributed by atoms with Gasteiger partial charge in [0.05, 0.1) is 31.7 Å². The van der Waals surface area contributed by atoms with Gasteiger partial charge in [0, 0.05) is 0 Å². The Bertz CT molecular complexity index is 938. The van der Waals surface area contributed by atoms with E-state index in [0.29, 0.717) is 22.7 Å². The molecule has 0 fully saturated rings. The molecule has 1 amide bonds. The van der Waals surface area contributed by atoms with Gasteiger partial charge in [-0.1, -0.05) is 12.1 Å². The van der Waals surface area contributed by atoms with Crippen LogP contribution in [-0.4, -0.2) is 44.9 Å². The van der Waals surface area contributed by atoms with Crippen molar-refractivity contribution in [3.05, 3.63) is 53.6 Å². The van der Waals surface area contributed by atoms with Gasteiger partial charge in [-0.2, -0.15) is 5.10 Å². The second-order valence-electron chi connectivity index (χ2n) is 5.55. The summed E-state index contributed by atoms with van der Waals surface area (Å²) in [4.78, 5) is 24.0. The van der Waals surface area contributed by atoms with Crippen molar-refractivity contribution in [1.82, 2.24) is 0 Å². The highest BCUT2D eigenvalue weighted by atomic mass is 16.5. The molecule has 0 aliphatic heterocycles. The van der Waals surface area contributed by atoms with E-state index in [1.165, 1.54) is 20.4 Å². The van der Waals surface area contributed by atoms with E-state index in [1.54, 1.807) is 42.5 Å². The van der Waals surface area contributed by atoms with Gasteiger partial charge >= 0.3 is 5.97 Å². The van der Waals surface area contributed by atoms with Crippen molar-refractivity contribution in [3.8, 4) is 11.5 Å². The minimum absolute atomic E-state index is 0.159. The number of amides is 1. The molecule has 152 valence electrons. The van der Waals surface area contributed by atoms with E-state index in [-0.39, 0.29) is 18.1 Å². The lowest BCUT2D eigenvalue weighted by Gasteiger charge is -2.12. The summed E-state index contributed by atoms with van der Waals surface area (Å²) in [5, 5.41) is 9.84. The third kappa shape index (κ3) is 6.24. The Labute approximate surface area is 167 Å². The van der Waals surface area contributed by atoms with E-state index in [1.807, 2.05) is 0 Å². The van der Waals surface area contributed by atoms with Gasteiger partial charge in [0.2, 0.25) is 5.96 Å². The monoisotopic (exact) mass is 399 g/mol. The molecule has 0 heterocycles. The largest absolute Gasteiger partial charge is 0.493 e. The number of methoxy groups -OCH3 is 2.